The number of ether oxygens (including phenoxy) is 2. The van der Waals surface area contributed by atoms with E-state index in [1.54, 1.807) is 20.0 Å². The number of benzene rings is 1. The van der Waals surface area contributed by atoms with E-state index in [-0.39, 0.29) is 48.9 Å². The van der Waals surface area contributed by atoms with E-state index in [4.69, 9.17) is 9.47 Å². The number of amides is 3. The van der Waals surface area contributed by atoms with Gasteiger partial charge in [0.1, 0.15) is 17.7 Å². The zero-order valence-electron chi connectivity index (χ0n) is 23.6. The number of nitrogens with one attached hydrogen (secondary N) is 2. The zero-order chi connectivity index (χ0) is 29.0. The largest absolute Gasteiger partial charge is 0.477 e. The molecule has 11 nitrogen and oxygen atoms in total. The summed E-state index contributed by atoms with van der Waals surface area (Å²) in [6.07, 6.45) is 2.24. The first-order valence-corrected chi connectivity index (χ1v) is 13.9. The van der Waals surface area contributed by atoms with Gasteiger partial charge < -0.3 is 34.6 Å². The van der Waals surface area contributed by atoms with Gasteiger partial charge in [-0.25, -0.2) is 4.79 Å². The predicted octanol–water partition coefficient (Wildman–Crippen LogP) is 0.812. The average Bonchev–Trinajstić information content (AvgIpc) is 3.26. The molecule has 2 bridgehead atoms. The van der Waals surface area contributed by atoms with Gasteiger partial charge in [0.05, 0.1) is 25.6 Å². The molecule has 1 saturated heterocycles. The molecule has 216 valence electrons. The summed E-state index contributed by atoms with van der Waals surface area (Å²) < 4.78 is 12.8. The minimum atomic E-state index is -1.13. The maximum Gasteiger partial charge on any atom is 0.415 e. The van der Waals surface area contributed by atoms with Crippen molar-refractivity contribution >= 4 is 23.7 Å². The van der Waals surface area contributed by atoms with Gasteiger partial charge in [0, 0.05) is 51.9 Å². The summed E-state index contributed by atoms with van der Waals surface area (Å²) in [7, 11) is 3.70. The van der Waals surface area contributed by atoms with Crippen LogP contribution in [-0.4, -0.2) is 102 Å². The molecule has 6 atom stereocenters. The summed E-state index contributed by atoms with van der Waals surface area (Å²) in [6.45, 7) is 8.68. The van der Waals surface area contributed by atoms with E-state index >= 15 is 0 Å². The van der Waals surface area contributed by atoms with E-state index in [2.05, 4.69) is 24.3 Å². The summed E-state index contributed by atoms with van der Waals surface area (Å²) in [5.41, 5.74) is -0.190. The number of ketones is 1. The van der Waals surface area contributed by atoms with Gasteiger partial charge in [-0.3, -0.25) is 14.4 Å². The van der Waals surface area contributed by atoms with Crippen molar-refractivity contribution in [1.29, 1.82) is 0 Å². The van der Waals surface area contributed by atoms with Gasteiger partial charge in [-0.2, -0.15) is 0 Å². The molecule has 3 N–H and O–H groups in total. The number of aliphatic hydroxyl groups is 1. The van der Waals surface area contributed by atoms with Crippen molar-refractivity contribution in [2.75, 3.05) is 40.3 Å². The summed E-state index contributed by atoms with van der Waals surface area (Å²) in [5, 5.41) is 17.6. The van der Waals surface area contributed by atoms with Gasteiger partial charge in [0.2, 0.25) is 11.8 Å². The van der Waals surface area contributed by atoms with Crippen LogP contribution in [-0.2, 0) is 26.2 Å². The molecule has 4 aliphatic rings. The molecular weight excluding hydrogens is 516 g/mol. The van der Waals surface area contributed by atoms with Crippen LogP contribution in [0.15, 0.2) is 24.8 Å². The van der Waals surface area contributed by atoms with Crippen molar-refractivity contribution < 1.29 is 38.2 Å². The third-order valence-electron chi connectivity index (χ3n) is 9.50. The van der Waals surface area contributed by atoms with Gasteiger partial charge >= 0.3 is 6.09 Å². The lowest BCUT2D eigenvalue weighted by Crippen LogP contribution is -2.80. The lowest BCUT2D eigenvalue weighted by atomic mass is 9.48. The first kappa shape index (κ1) is 28.1. The fraction of sp³-hybridized carbons (Fsp3) is 0.586. The normalized spacial score (nSPS) is 31.8. The number of piperidine rings is 1. The Balaban J connectivity index is 1.37. The molecule has 5 rings (SSSR count). The van der Waals surface area contributed by atoms with Crippen LogP contribution in [0.2, 0.25) is 0 Å². The smallest absolute Gasteiger partial charge is 0.415 e. The summed E-state index contributed by atoms with van der Waals surface area (Å²) in [4.78, 5) is 50.8. The number of hydrogen-bond acceptors (Lipinski definition) is 7. The van der Waals surface area contributed by atoms with E-state index in [1.807, 2.05) is 12.1 Å². The van der Waals surface area contributed by atoms with E-state index in [0.717, 1.165) is 24.2 Å². The summed E-state index contributed by atoms with van der Waals surface area (Å²) in [6, 6.07) is 2.82. The Morgan fingerprint density at radius 2 is 2.10 bits per heavy atom. The molecule has 1 unspecified atom stereocenters. The molecule has 0 aromatic heterocycles. The fourth-order valence-electron chi connectivity index (χ4n) is 7.55. The van der Waals surface area contributed by atoms with Crippen LogP contribution in [0, 0.1) is 0 Å². The van der Waals surface area contributed by atoms with Crippen LogP contribution < -0.4 is 20.1 Å². The third-order valence-corrected chi connectivity index (χ3v) is 9.50. The highest BCUT2D eigenvalue weighted by Crippen LogP contribution is 2.65. The lowest BCUT2D eigenvalue weighted by molar-refractivity contribution is -0.944. The molecule has 1 aromatic carbocycles. The highest BCUT2D eigenvalue weighted by Gasteiger charge is 2.76. The van der Waals surface area contributed by atoms with Crippen molar-refractivity contribution in [3.05, 3.63) is 35.9 Å². The van der Waals surface area contributed by atoms with E-state index < -0.39 is 29.3 Å². The van der Waals surface area contributed by atoms with Crippen molar-refractivity contribution in [2.24, 2.45) is 0 Å². The molecule has 2 heterocycles. The number of rotatable bonds is 8. The molecule has 2 aliphatic heterocycles. The quantitative estimate of drug-likeness (QED) is 0.319. The molecule has 1 aromatic rings. The summed E-state index contributed by atoms with van der Waals surface area (Å²) >= 11 is 0. The summed E-state index contributed by atoms with van der Waals surface area (Å²) in [5.74, 6) is -0.123. The highest BCUT2D eigenvalue weighted by atomic mass is 16.6. The van der Waals surface area contributed by atoms with E-state index in [1.165, 1.54) is 11.8 Å². The number of nitrogens with zero attached hydrogens (tertiary/aromatic N) is 2. The Morgan fingerprint density at radius 1 is 1.35 bits per heavy atom. The zero-order valence-corrected chi connectivity index (χ0v) is 23.6. The highest BCUT2D eigenvalue weighted by molar-refractivity contribution is 5.90. The topological polar surface area (TPSA) is 134 Å². The lowest BCUT2D eigenvalue weighted by Gasteiger charge is -2.64. The van der Waals surface area contributed by atoms with Crippen molar-refractivity contribution in [3.63, 3.8) is 0 Å². The Morgan fingerprint density at radius 3 is 2.80 bits per heavy atom. The van der Waals surface area contributed by atoms with Crippen LogP contribution in [0.4, 0.5) is 4.79 Å². The standard InChI is InChI=1S/C29H38N4O7/c1-6-14-33(5)15-11-28-23-19-7-8-21(24(23)40-25(28)20(35)9-10-29(28,38)22(33)16-19)39-27(37)32(4)13-12-30-26(36)17(2)31-18(3)34/h6-8,17,22,25,38H,1,9-16H2,2-5H3,(H-,30,31,34,36)/p+1/t17-,22-,25-,28-,29+,33?/m0/s1. The van der Waals surface area contributed by atoms with Crippen LogP contribution >= 0.6 is 0 Å². The van der Waals surface area contributed by atoms with E-state index in [9.17, 15) is 24.3 Å². The molecule has 40 heavy (non-hydrogen) atoms. The van der Waals surface area contributed by atoms with E-state index in [0.29, 0.717) is 29.5 Å². The molecule has 11 heteroatoms. The second-order valence-corrected chi connectivity index (χ2v) is 11.9. The SMILES string of the molecule is C=CC[N+]1(C)CC[C@]23c4c5ccc(OC(=O)N(C)CCNC(=O)[C@H](C)NC(C)=O)c4O[C@H]2C(=O)CC[C@@]3(O)[C@@H]1C5. The Hall–Kier alpha value is -3.44. The first-order chi connectivity index (χ1) is 18.9. The van der Waals surface area contributed by atoms with Crippen molar-refractivity contribution in [2.45, 2.75) is 68.7 Å². The number of likely N-dealkylation sites (N-methyl/N-ethyl adjacent to an activating group) is 2. The molecule has 0 radical (unpaired) electrons. The maximum absolute atomic E-state index is 13.2. The Bertz CT molecular complexity index is 1280. The van der Waals surface area contributed by atoms with Crippen LogP contribution in [0.5, 0.6) is 11.5 Å². The molecule has 2 fully saturated rings. The average molecular weight is 556 g/mol. The molecule has 2 aliphatic carbocycles. The molecule has 3 amide bonds. The number of hydrogen-bond donors (Lipinski definition) is 3. The van der Waals surface area contributed by atoms with Crippen LogP contribution in [0.3, 0.4) is 0 Å². The monoisotopic (exact) mass is 555 g/mol. The van der Waals surface area contributed by atoms with Gasteiger partial charge in [0.15, 0.2) is 23.4 Å². The maximum atomic E-state index is 13.2. The number of carbonyl (C=O) groups excluding carboxylic acids is 4. The Kier molecular flexibility index (Phi) is 6.94. The first-order valence-electron chi connectivity index (χ1n) is 13.9. The fourth-order valence-corrected chi connectivity index (χ4v) is 7.55. The second-order valence-electron chi connectivity index (χ2n) is 11.9. The Labute approximate surface area is 234 Å². The van der Waals surface area contributed by atoms with Crippen LogP contribution in [0.1, 0.15) is 44.2 Å². The van der Waals surface area contributed by atoms with Gasteiger partial charge in [-0.15, -0.1) is 0 Å². The van der Waals surface area contributed by atoms with Crippen LogP contribution in [0.25, 0.3) is 0 Å². The van der Waals surface area contributed by atoms with Gasteiger partial charge in [0.25, 0.3) is 0 Å². The number of quaternary nitrogens is 1. The minimum Gasteiger partial charge on any atom is -0.477 e. The third kappa shape index (κ3) is 4.09. The van der Waals surface area contributed by atoms with Gasteiger partial charge in [-0.1, -0.05) is 12.6 Å². The molecule has 1 spiro atoms. The number of carbonyl (C=O) groups is 4. The molecular formula is C29H39N4O7+. The number of Topliss-reactive ketones (excluding diaryl/α,β-unsaturated/α-hetero) is 1. The van der Waals surface area contributed by atoms with Crippen molar-refractivity contribution in [1.82, 2.24) is 15.5 Å². The van der Waals surface area contributed by atoms with Gasteiger partial charge in [-0.05, 0) is 31.1 Å². The predicted molar refractivity (Wildman–Crippen MR) is 145 cm³/mol. The minimum absolute atomic E-state index is 0.0362. The number of likely N-dealkylation sites (tertiary alicyclic amines) is 1. The second kappa shape index (κ2) is 9.88. The molecule has 1 saturated carbocycles. The van der Waals surface area contributed by atoms with Crippen molar-refractivity contribution in [3.8, 4) is 11.5 Å².